The summed E-state index contributed by atoms with van der Waals surface area (Å²) >= 11 is 0. The molecular weight excluding hydrogens is 374 g/mol. The number of anilines is 2. The molecule has 1 aromatic heterocycles. The first-order valence-electron chi connectivity index (χ1n) is 8.88. The van der Waals surface area contributed by atoms with Gasteiger partial charge in [0.05, 0.1) is 0 Å². The fraction of sp³-hybridized carbons (Fsp3) is 0.190. The average molecular weight is 395 g/mol. The van der Waals surface area contributed by atoms with Crippen molar-refractivity contribution in [3.63, 3.8) is 0 Å². The predicted molar refractivity (Wildman–Crippen MR) is 110 cm³/mol. The quantitative estimate of drug-likeness (QED) is 0.520. The Hall–Kier alpha value is -3.81. The minimum Gasteiger partial charge on any atom is -0.477 e. The SMILES string of the molecule is CC(C)(C)OC(=O)Nc1ccc(C(=O)Nc2ccc3[nH]c(C(=O)O)cc3c2)cc1. The molecule has 1 heterocycles. The van der Waals surface area contributed by atoms with Gasteiger partial charge in [0.2, 0.25) is 0 Å². The Morgan fingerprint density at radius 1 is 0.931 bits per heavy atom. The summed E-state index contributed by atoms with van der Waals surface area (Å²) in [6.45, 7) is 5.31. The second-order valence-electron chi connectivity index (χ2n) is 7.45. The van der Waals surface area contributed by atoms with Gasteiger partial charge in [0, 0.05) is 27.8 Å². The van der Waals surface area contributed by atoms with Gasteiger partial charge in [-0.05, 0) is 69.3 Å². The van der Waals surface area contributed by atoms with Crippen molar-refractivity contribution in [1.82, 2.24) is 4.98 Å². The van der Waals surface area contributed by atoms with Crippen LogP contribution in [-0.4, -0.2) is 33.7 Å². The third kappa shape index (κ3) is 5.13. The number of amides is 2. The maximum absolute atomic E-state index is 12.5. The van der Waals surface area contributed by atoms with E-state index in [2.05, 4.69) is 15.6 Å². The van der Waals surface area contributed by atoms with Crippen molar-refractivity contribution < 1.29 is 24.2 Å². The number of aromatic carboxylic acids is 1. The second kappa shape index (κ2) is 7.67. The van der Waals surface area contributed by atoms with Crippen molar-refractivity contribution in [3.05, 3.63) is 59.8 Å². The van der Waals surface area contributed by atoms with Gasteiger partial charge in [-0.3, -0.25) is 10.1 Å². The highest BCUT2D eigenvalue weighted by Gasteiger charge is 2.16. The number of aromatic amines is 1. The van der Waals surface area contributed by atoms with Crippen molar-refractivity contribution in [3.8, 4) is 0 Å². The first-order valence-corrected chi connectivity index (χ1v) is 8.88. The summed E-state index contributed by atoms with van der Waals surface area (Å²) in [5, 5.41) is 15.1. The second-order valence-corrected chi connectivity index (χ2v) is 7.45. The van der Waals surface area contributed by atoms with Gasteiger partial charge in [0.1, 0.15) is 11.3 Å². The number of fused-ring (bicyclic) bond motifs is 1. The summed E-state index contributed by atoms with van der Waals surface area (Å²) in [6.07, 6.45) is -0.574. The lowest BCUT2D eigenvalue weighted by Crippen LogP contribution is -2.27. The lowest BCUT2D eigenvalue weighted by Gasteiger charge is -2.19. The Morgan fingerprint density at radius 3 is 2.21 bits per heavy atom. The average Bonchev–Trinajstić information content (AvgIpc) is 3.04. The van der Waals surface area contributed by atoms with Crippen LogP contribution >= 0.6 is 0 Å². The number of hydrogen-bond acceptors (Lipinski definition) is 4. The van der Waals surface area contributed by atoms with Crippen molar-refractivity contribution in [1.29, 1.82) is 0 Å². The van der Waals surface area contributed by atoms with Crippen LogP contribution in [0, 0.1) is 0 Å². The number of nitrogens with one attached hydrogen (secondary N) is 3. The topological polar surface area (TPSA) is 121 Å². The van der Waals surface area contributed by atoms with Crippen molar-refractivity contribution >= 4 is 40.2 Å². The molecule has 0 atom stereocenters. The van der Waals surface area contributed by atoms with E-state index in [4.69, 9.17) is 9.84 Å². The third-order valence-electron chi connectivity index (χ3n) is 3.90. The van der Waals surface area contributed by atoms with Gasteiger partial charge in [0.25, 0.3) is 5.91 Å². The summed E-state index contributed by atoms with van der Waals surface area (Å²) in [4.78, 5) is 38.1. The van der Waals surface area contributed by atoms with Gasteiger partial charge in [0.15, 0.2) is 0 Å². The molecule has 2 aromatic carbocycles. The molecule has 0 aliphatic heterocycles. The van der Waals surface area contributed by atoms with E-state index in [1.54, 1.807) is 63.2 Å². The fourth-order valence-corrected chi connectivity index (χ4v) is 2.66. The van der Waals surface area contributed by atoms with E-state index in [9.17, 15) is 14.4 Å². The molecule has 0 bridgehead atoms. The van der Waals surface area contributed by atoms with E-state index in [-0.39, 0.29) is 11.6 Å². The lowest BCUT2D eigenvalue weighted by molar-refractivity contribution is 0.0633. The monoisotopic (exact) mass is 395 g/mol. The predicted octanol–water partition coefficient (Wildman–Crippen LogP) is 4.47. The van der Waals surface area contributed by atoms with Crippen LogP contribution in [0.5, 0.6) is 0 Å². The van der Waals surface area contributed by atoms with E-state index in [1.165, 1.54) is 6.07 Å². The highest BCUT2D eigenvalue weighted by molar-refractivity contribution is 6.05. The van der Waals surface area contributed by atoms with Gasteiger partial charge in [-0.1, -0.05) is 0 Å². The van der Waals surface area contributed by atoms with Crippen molar-refractivity contribution in [2.24, 2.45) is 0 Å². The fourth-order valence-electron chi connectivity index (χ4n) is 2.66. The van der Waals surface area contributed by atoms with E-state index in [0.717, 1.165) is 0 Å². The Bertz CT molecular complexity index is 1080. The van der Waals surface area contributed by atoms with Gasteiger partial charge in [-0.15, -0.1) is 0 Å². The summed E-state index contributed by atoms with van der Waals surface area (Å²) < 4.78 is 5.18. The maximum Gasteiger partial charge on any atom is 0.412 e. The highest BCUT2D eigenvalue weighted by Crippen LogP contribution is 2.21. The van der Waals surface area contributed by atoms with Crippen LogP contribution in [0.3, 0.4) is 0 Å². The molecule has 0 aliphatic carbocycles. The third-order valence-corrected chi connectivity index (χ3v) is 3.90. The van der Waals surface area contributed by atoms with Crippen LogP contribution in [-0.2, 0) is 4.74 Å². The summed E-state index contributed by atoms with van der Waals surface area (Å²) in [5.41, 5.74) is 1.59. The van der Waals surface area contributed by atoms with E-state index in [1.807, 2.05) is 0 Å². The summed E-state index contributed by atoms with van der Waals surface area (Å²) in [5.74, 6) is -1.38. The number of carbonyl (C=O) groups excluding carboxylic acids is 2. The van der Waals surface area contributed by atoms with Gasteiger partial charge in [-0.2, -0.15) is 0 Å². The molecule has 2 amide bonds. The number of carbonyl (C=O) groups is 3. The molecule has 0 saturated carbocycles. The number of aromatic nitrogens is 1. The number of carboxylic acid groups (broad SMARTS) is 1. The largest absolute Gasteiger partial charge is 0.477 e. The number of H-pyrrole nitrogens is 1. The molecule has 4 N–H and O–H groups in total. The minimum atomic E-state index is -1.05. The number of ether oxygens (including phenoxy) is 1. The lowest BCUT2D eigenvalue weighted by atomic mass is 10.1. The van der Waals surface area contributed by atoms with Crippen molar-refractivity contribution in [2.45, 2.75) is 26.4 Å². The van der Waals surface area contributed by atoms with E-state index in [0.29, 0.717) is 27.8 Å². The minimum absolute atomic E-state index is 0.0801. The van der Waals surface area contributed by atoms with Gasteiger partial charge in [-0.25, -0.2) is 9.59 Å². The standard InChI is InChI=1S/C21H21N3O5/c1-21(2,3)29-20(28)23-14-6-4-12(5-7-14)18(25)22-15-8-9-16-13(10-15)11-17(24-16)19(26)27/h4-11,24H,1-3H3,(H,22,25)(H,23,28)(H,26,27). The molecular formula is C21H21N3O5. The Balaban J connectivity index is 1.67. The van der Waals surface area contributed by atoms with Crippen LogP contribution in [0.25, 0.3) is 10.9 Å². The van der Waals surface area contributed by atoms with Gasteiger partial charge < -0.3 is 20.1 Å². The van der Waals surface area contributed by atoms with Gasteiger partial charge >= 0.3 is 12.1 Å². The Morgan fingerprint density at radius 2 is 1.59 bits per heavy atom. The van der Waals surface area contributed by atoms with Crippen LogP contribution in [0.15, 0.2) is 48.5 Å². The number of rotatable bonds is 4. The summed E-state index contributed by atoms with van der Waals surface area (Å²) in [6, 6.07) is 12.9. The number of carboxylic acids is 1. The molecule has 3 rings (SSSR count). The first kappa shape index (κ1) is 19.9. The maximum atomic E-state index is 12.5. The molecule has 150 valence electrons. The normalized spacial score (nSPS) is 11.1. The van der Waals surface area contributed by atoms with E-state index < -0.39 is 17.7 Å². The molecule has 8 nitrogen and oxygen atoms in total. The molecule has 3 aromatic rings. The zero-order chi connectivity index (χ0) is 21.2. The van der Waals surface area contributed by atoms with Crippen LogP contribution in [0.4, 0.5) is 16.2 Å². The van der Waals surface area contributed by atoms with E-state index >= 15 is 0 Å². The number of benzene rings is 2. The Labute approximate surface area is 166 Å². The van der Waals surface area contributed by atoms with Crippen LogP contribution in [0.2, 0.25) is 0 Å². The van der Waals surface area contributed by atoms with Crippen LogP contribution < -0.4 is 10.6 Å². The molecule has 29 heavy (non-hydrogen) atoms. The molecule has 8 heteroatoms. The molecule has 0 aliphatic rings. The van der Waals surface area contributed by atoms with Crippen LogP contribution in [0.1, 0.15) is 41.6 Å². The molecule has 0 unspecified atom stereocenters. The zero-order valence-corrected chi connectivity index (χ0v) is 16.2. The summed E-state index contributed by atoms with van der Waals surface area (Å²) in [7, 11) is 0. The first-order chi connectivity index (χ1) is 13.6. The molecule has 0 fully saturated rings. The molecule has 0 radical (unpaired) electrons. The smallest absolute Gasteiger partial charge is 0.412 e. The Kier molecular flexibility index (Phi) is 5.27. The zero-order valence-electron chi connectivity index (χ0n) is 16.2. The highest BCUT2D eigenvalue weighted by atomic mass is 16.6. The molecule has 0 spiro atoms. The molecule has 0 saturated heterocycles. The number of hydrogen-bond donors (Lipinski definition) is 4. The van der Waals surface area contributed by atoms with Crippen molar-refractivity contribution in [2.75, 3.05) is 10.6 Å².